The molecule has 0 bridgehead atoms. The van der Waals surface area contributed by atoms with E-state index in [4.69, 9.17) is 15.0 Å². The lowest BCUT2D eigenvalue weighted by Gasteiger charge is -2.16. The Labute approximate surface area is 131 Å². The normalized spacial score (nSPS) is 22.9. The Balaban J connectivity index is 0.00000192. The van der Waals surface area contributed by atoms with Gasteiger partial charge in [-0.25, -0.2) is 19.5 Å². The molecular formula is C11H17N6O5P. The molecule has 3 atom stereocenters. The molecule has 0 amide bonds. The Kier molecular flexibility index (Phi) is 5.09. The van der Waals surface area contributed by atoms with Gasteiger partial charge in [-0.1, -0.05) is 6.08 Å². The molecular weight excluding hydrogens is 327 g/mol. The van der Waals surface area contributed by atoms with Crippen molar-refractivity contribution in [2.45, 2.75) is 12.3 Å². The highest BCUT2D eigenvalue weighted by Gasteiger charge is 2.26. The van der Waals surface area contributed by atoms with Crippen molar-refractivity contribution in [1.82, 2.24) is 25.7 Å². The van der Waals surface area contributed by atoms with Gasteiger partial charge in [0.15, 0.2) is 17.7 Å². The zero-order chi connectivity index (χ0) is 15.7. The minimum absolute atomic E-state index is 0. The molecule has 23 heavy (non-hydrogen) atoms. The molecule has 12 heteroatoms. The average molecular weight is 344 g/mol. The third kappa shape index (κ3) is 3.55. The molecule has 0 spiro atoms. The van der Waals surface area contributed by atoms with E-state index in [0.29, 0.717) is 11.2 Å². The van der Waals surface area contributed by atoms with Crippen molar-refractivity contribution >= 4 is 24.8 Å². The van der Waals surface area contributed by atoms with Gasteiger partial charge in [0, 0.05) is 7.11 Å². The Bertz CT molecular complexity index is 764. The topological polar surface area (TPSA) is 170 Å². The fraction of sp³-hybridized carbons (Fsp3) is 0.364. The maximum atomic E-state index is 11.2. The quantitative estimate of drug-likeness (QED) is 0.520. The van der Waals surface area contributed by atoms with Gasteiger partial charge in [0.25, 0.3) is 0 Å². The minimum atomic E-state index is -4.02. The number of nitrogen functional groups attached to an aromatic ring is 1. The number of phosphoric ester groups is 1. The third-order valence-electron chi connectivity index (χ3n) is 3.10. The van der Waals surface area contributed by atoms with Gasteiger partial charge in [0.05, 0.1) is 12.9 Å². The van der Waals surface area contributed by atoms with Crippen LogP contribution in [0.4, 0.5) is 5.82 Å². The maximum Gasteiger partial charge on any atom is 0.472 e. The summed E-state index contributed by atoms with van der Waals surface area (Å²) in [6, 6.07) is 0. The van der Waals surface area contributed by atoms with Crippen LogP contribution in [0.2, 0.25) is 0 Å². The lowest BCUT2D eigenvalue weighted by molar-refractivity contribution is -0.00758. The number of nitrogens with two attached hydrogens (primary N) is 1. The SMILES string of the molecule is COP(=O)(O)OCC1C=CC(n2cnc3c(N)ncnc32)O1.N. The van der Waals surface area contributed by atoms with Crippen LogP contribution < -0.4 is 11.9 Å². The van der Waals surface area contributed by atoms with Crippen LogP contribution in [-0.4, -0.2) is 44.2 Å². The van der Waals surface area contributed by atoms with E-state index >= 15 is 0 Å². The molecule has 11 nitrogen and oxygen atoms in total. The summed E-state index contributed by atoms with van der Waals surface area (Å²) in [4.78, 5) is 21.3. The smallest absolute Gasteiger partial charge is 0.382 e. The molecule has 1 aliphatic heterocycles. The van der Waals surface area contributed by atoms with Crippen molar-refractivity contribution < 1.29 is 23.2 Å². The summed E-state index contributed by atoms with van der Waals surface area (Å²) in [5, 5.41) is 0. The second kappa shape index (κ2) is 6.71. The van der Waals surface area contributed by atoms with E-state index in [1.54, 1.807) is 23.0 Å². The van der Waals surface area contributed by atoms with Crippen LogP contribution in [0, 0.1) is 0 Å². The van der Waals surface area contributed by atoms with E-state index in [2.05, 4.69) is 19.5 Å². The van der Waals surface area contributed by atoms with Crippen LogP contribution in [0.3, 0.4) is 0 Å². The number of phosphoric acid groups is 1. The molecule has 0 aliphatic carbocycles. The van der Waals surface area contributed by atoms with Crippen molar-refractivity contribution in [3.8, 4) is 0 Å². The highest BCUT2D eigenvalue weighted by Crippen LogP contribution is 2.42. The van der Waals surface area contributed by atoms with E-state index in [1.165, 1.54) is 6.33 Å². The Morgan fingerprint density at radius 3 is 2.96 bits per heavy atom. The number of imidazole rings is 1. The molecule has 6 N–H and O–H groups in total. The number of fused-ring (bicyclic) bond motifs is 1. The van der Waals surface area contributed by atoms with Gasteiger partial charge in [-0.05, 0) is 6.08 Å². The van der Waals surface area contributed by atoms with Crippen LogP contribution in [0.25, 0.3) is 11.2 Å². The highest BCUT2D eigenvalue weighted by molar-refractivity contribution is 7.47. The number of hydrogen-bond acceptors (Lipinski definition) is 9. The largest absolute Gasteiger partial charge is 0.472 e. The number of aromatic nitrogens is 4. The summed E-state index contributed by atoms with van der Waals surface area (Å²) in [5.74, 6) is 0.284. The van der Waals surface area contributed by atoms with Gasteiger partial charge in [-0.15, -0.1) is 0 Å². The molecule has 3 rings (SSSR count). The van der Waals surface area contributed by atoms with Crippen LogP contribution in [0.1, 0.15) is 6.23 Å². The number of nitrogens with zero attached hydrogens (tertiary/aromatic N) is 4. The predicted octanol–water partition coefficient (Wildman–Crippen LogP) is 0.787. The van der Waals surface area contributed by atoms with Gasteiger partial charge >= 0.3 is 7.82 Å². The molecule has 0 aromatic carbocycles. The molecule has 3 unspecified atom stereocenters. The zero-order valence-corrected chi connectivity index (χ0v) is 13.2. The van der Waals surface area contributed by atoms with E-state index < -0.39 is 20.2 Å². The molecule has 0 fully saturated rings. The molecule has 126 valence electrons. The van der Waals surface area contributed by atoms with Gasteiger partial charge in [-0.3, -0.25) is 13.6 Å². The summed E-state index contributed by atoms with van der Waals surface area (Å²) in [5.41, 5.74) is 6.75. The van der Waals surface area contributed by atoms with Gasteiger partial charge < -0.3 is 21.5 Å². The highest BCUT2D eigenvalue weighted by atomic mass is 31.2. The monoisotopic (exact) mass is 344 g/mol. The maximum absolute atomic E-state index is 11.2. The Morgan fingerprint density at radius 1 is 1.43 bits per heavy atom. The molecule has 3 heterocycles. The van der Waals surface area contributed by atoms with Crippen LogP contribution in [0.5, 0.6) is 0 Å². The number of hydrogen-bond donors (Lipinski definition) is 3. The van der Waals surface area contributed by atoms with Crippen LogP contribution >= 0.6 is 7.82 Å². The summed E-state index contributed by atoms with van der Waals surface area (Å²) in [6.07, 6.45) is 5.42. The van der Waals surface area contributed by atoms with Crippen LogP contribution in [0.15, 0.2) is 24.8 Å². The second-order valence-electron chi connectivity index (χ2n) is 4.48. The standard InChI is InChI=1S/C11H14N5O5P.H3N/c1-19-22(17,18)20-4-7-2-3-8(21-7)16-6-15-9-10(12)13-5-14-11(9)16;/h2-3,5-8H,4H2,1H3,(H,17,18)(H2,12,13,14);1H3. The average Bonchev–Trinajstić information content (AvgIpc) is 3.12. The lowest BCUT2D eigenvalue weighted by atomic mass is 10.4. The number of anilines is 1. The van der Waals surface area contributed by atoms with Crippen molar-refractivity contribution in [3.05, 3.63) is 24.8 Å². The fourth-order valence-corrected chi connectivity index (χ4v) is 2.46. The van der Waals surface area contributed by atoms with Gasteiger partial charge in [0.2, 0.25) is 0 Å². The second-order valence-corrected chi connectivity index (χ2v) is 6.04. The lowest BCUT2D eigenvalue weighted by Crippen LogP contribution is -2.17. The summed E-state index contributed by atoms with van der Waals surface area (Å²) >= 11 is 0. The summed E-state index contributed by atoms with van der Waals surface area (Å²) < 4.78 is 27.7. The Morgan fingerprint density at radius 2 is 2.22 bits per heavy atom. The molecule has 0 radical (unpaired) electrons. The molecule has 0 saturated heterocycles. The first-order valence-electron chi connectivity index (χ1n) is 6.30. The number of ether oxygens (including phenoxy) is 1. The molecule has 2 aromatic heterocycles. The summed E-state index contributed by atoms with van der Waals surface area (Å²) in [6.45, 7) is -0.113. The van der Waals surface area contributed by atoms with E-state index in [-0.39, 0.29) is 18.6 Å². The first kappa shape index (κ1) is 17.5. The first-order valence-corrected chi connectivity index (χ1v) is 7.79. The first-order chi connectivity index (χ1) is 10.5. The third-order valence-corrected chi connectivity index (χ3v) is 4.04. The minimum Gasteiger partial charge on any atom is -0.382 e. The van der Waals surface area contributed by atoms with Crippen LogP contribution in [-0.2, 0) is 18.3 Å². The molecule has 0 saturated carbocycles. The van der Waals surface area contributed by atoms with Crippen molar-refractivity contribution in [2.24, 2.45) is 0 Å². The van der Waals surface area contributed by atoms with E-state index in [1.807, 2.05) is 0 Å². The van der Waals surface area contributed by atoms with Crippen molar-refractivity contribution in [1.29, 1.82) is 0 Å². The van der Waals surface area contributed by atoms with Crippen molar-refractivity contribution in [3.63, 3.8) is 0 Å². The molecule has 2 aromatic rings. The van der Waals surface area contributed by atoms with E-state index in [9.17, 15) is 9.46 Å². The Hall–Kier alpha value is -1.88. The summed E-state index contributed by atoms with van der Waals surface area (Å²) in [7, 11) is -2.93. The molecule has 1 aliphatic rings. The number of rotatable bonds is 5. The zero-order valence-electron chi connectivity index (χ0n) is 12.3. The fourth-order valence-electron chi connectivity index (χ4n) is 2.02. The van der Waals surface area contributed by atoms with Gasteiger partial charge in [-0.2, -0.15) is 0 Å². The van der Waals surface area contributed by atoms with Gasteiger partial charge in [0.1, 0.15) is 17.9 Å². The van der Waals surface area contributed by atoms with E-state index in [0.717, 1.165) is 7.11 Å². The predicted molar refractivity (Wildman–Crippen MR) is 80.6 cm³/mol. The van der Waals surface area contributed by atoms with Crippen molar-refractivity contribution in [2.75, 3.05) is 19.5 Å².